The molecule has 3 rings (SSSR count). The smallest absolute Gasteiger partial charge is 0.0859 e. The van der Waals surface area contributed by atoms with Crippen LogP contribution >= 0.6 is 0 Å². The number of unbranched alkanes of at least 4 members (excludes halogenated alkanes) is 2. The van der Waals surface area contributed by atoms with Crippen LogP contribution in [-0.4, -0.2) is 12.3 Å². The Morgan fingerprint density at radius 3 is 2.11 bits per heavy atom. The van der Waals surface area contributed by atoms with Gasteiger partial charge in [-0.1, -0.05) is 56.2 Å². The van der Waals surface area contributed by atoms with Crippen LogP contribution in [0.15, 0.2) is 48.5 Å². The number of anilines is 1. The van der Waals surface area contributed by atoms with Crippen molar-refractivity contribution < 1.29 is 0 Å². The number of benzene rings is 2. The summed E-state index contributed by atoms with van der Waals surface area (Å²) < 4.78 is 0. The minimum atomic E-state index is 0.197. The van der Waals surface area contributed by atoms with Gasteiger partial charge in [-0.25, -0.2) is 0 Å². The van der Waals surface area contributed by atoms with Crippen LogP contribution in [0.1, 0.15) is 68.8 Å². The zero-order valence-corrected chi connectivity index (χ0v) is 17.4. The molecule has 2 aromatic carbocycles. The molecule has 1 heterocycles. The maximum absolute atomic E-state index is 5.77. The van der Waals surface area contributed by atoms with Gasteiger partial charge >= 0.3 is 0 Å². The topological polar surface area (TPSA) is 62.1 Å². The number of hydrogen-bond donors (Lipinski definition) is 4. The Hall–Kier alpha value is -1.88. The minimum Gasteiger partial charge on any atom is -0.399 e. The van der Waals surface area contributed by atoms with Crippen molar-refractivity contribution in [1.29, 1.82) is 0 Å². The van der Waals surface area contributed by atoms with Crippen molar-refractivity contribution in [3.63, 3.8) is 0 Å². The van der Waals surface area contributed by atoms with Crippen LogP contribution in [-0.2, 0) is 12.8 Å². The normalized spacial score (nSPS) is 22.3. The molecule has 0 radical (unpaired) electrons. The average molecular weight is 381 g/mol. The number of rotatable bonds is 9. The molecule has 1 fully saturated rings. The predicted octanol–water partition coefficient (Wildman–Crippen LogP) is 4.48. The second-order valence-corrected chi connectivity index (χ2v) is 8.04. The quantitative estimate of drug-likeness (QED) is 0.383. The molecule has 152 valence electrons. The molecule has 5 N–H and O–H groups in total. The fourth-order valence-corrected chi connectivity index (χ4v) is 3.91. The van der Waals surface area contributed by atoms with Crippen LogP contribution in [0.2, 0.25) is 0 Å². The van der Waals surface area contributed by atoms with E-state index >= 15 is 0 Å². The molecule has 1 saturated heterocycles. The summed E-state index contributed by atoms with van der Waals surface area (Å²) in [4.78, 5) is 0. The zero-order chi connectivity index (χ0) is 19.8. The van der Waals surface area contributed by atoms with Crippen molar-refractivity contribution in [2.45, 2.75) is 77.3 Å². The Bertz CT molecular complexity index is 696. The van der Waals surface area contributed by atoms with Gasteiger partial charge in [0.2, 0.25) is 0 Å². The van der Waals surface area contributed by atoms with Crippen molar-refractivity contribution in [1.82, 2.24) is 16.0 Å². The number of hydrogen-bond acceptors (Lipinski definition) is 4. The van der Waals surface area contributed by atoms with Gasteiger partial charge in [0.25, 0.3) is 0 Å². The van der Waals surface area contributed by atoms with Gasteiger partial charge in [-0.3, -0.25) is 16.0 Å². The lowest BCUT2D eigenvalue weighted by Crippen LogP contribution is -2.62. The molecule has 0 bridgehead atoms. The van der Waals surface area contributed by atoms with E-state index < -0.39 is 0 Å². The molecule has 3 atom stereocenters. The predicted molar refractivity (Wildman–Crippen MR) is 119 cm³/mol. The first-order valence-corrected chi connectivity index (χ1v) is 10.9. The molecule has 28 heavy (non-hydrogen) atoms. The van der Waals surface area contributed by atoms with E-state index in [9.17, 15) is 0 Å². The maximum Gasteiger partial charge on any atom is 0.0859 e. The van der Waals surface area contributed by atoms with Crippen LogP contribution < -0.4 is 21.7 Å². The highest BCUT2D eigenvalue weighted by molar-refractivity contribution is 5.39. The van der Waals surface area contributed by atoms with Crippen LogP contribution in [0.25, 0.3) is 0 Å². The molecule has 0 spiro atoms. The Kier molecular flexibility index (Phi) is 7.90. The third-order valence-corrected chi connectivity index (χ3v) is 5.56. The fourth-order valence-electron chi connectivity index (χ4n) is 3.91. The largest absolute Gasteiger partial charge is 0.399 e. The number of nitrogens with one attached hydrogen (secondary N) is 3. The zero-order valence-electron chi connectivity index (χ0n) is 17.4. The molecular formula is C24H36N4. The van der Waals surface area contributed by atoms with Gasteiger partial charge in [0.05, 0.1) is 18.5 Å². The van der Waals surface area contributed by atoms with Crippen molar-refractivity contribution in [2.75, 3.05) is 5.73 Å². The third-order valence-electron chi connectivity index (χ3n) is 5.56. The van der Waals surface area contributed by atoms with E-state index in [1.807, 2.05) is 12.1 Å². The lowest BCUT2D eigenvalue weighted by atomic mass is 10.0. The summed E-state index contributed by atoms with van der Waals surface area (Å²) in [5, 5.41) is 11.0. The first-order valence-electron chi connectivity index (χ1n) is 10.9. The summed E-state index contributed by atoms with van der Waals surface area (Å²) in [5.41, 5.74) is 10.7. The Balaban J connectivity index is 1.49. The Labute approximate surface area is 170 Å². The third kappa shape index (κ3) is 6.33. The summed E-state index contributed by atoms with van der Waals surface area (Å²) >= 11 is 0. The van der Waals surface area contributed by atoms with Gasteiger partial charge in [-0.15, -0.1) is 0 Å². The second-order valence-electron chi connectivity index (χ2n) is 8.04. The Morgan fingerprint density at radius 1 is 0.786 bits per heavy atom. The molecule has 0 amide bonds. The molecule has 0 saturated carbocycles. The van der Waals surface area contributed by atoms with E-state index in [4.69, 9.17) is 5.73 Å². The monoisotopic (exact) mass is 380 g/mol. The SMILES string of the molecule is CCCCCc1ccc(C2NC(C)NC(CCCc3ccc(N)cc3)N2)cc1. The summed E-state index contributed by atoms with van der Waals surface area (Å²) in [7, 11) is 0. The highest BCUT2D eigenvalue weighted by Crippen LogP contribution is 2.18. The standard InChI is InChI=1S/C24H36N4/c1-3-4-5-7-19-10-14-21(15-11-19)24-27-18(2)26-23(28-24)9-6-8-20-12-16-22(25)17-13-20/h10-18,23-24,26-28H,3-9,25H2,1-2H3. The van der Waals surface area contributed by atoms with Gasteiger partial charge in [0.1, 0.15) is 0 Å². The molecule has 2 aromatic rings. The van der Waals surface area contributed by atoms with Gasteiger partial charge < -0.3 is 5.73 Å². The molecule has 0 aromatic heterocycles. The van der Waals surface area contributed by atoms with Crippen LogP contribution in [0.5, 0.6) is 0 Å². The van der Waals surface area contributed by atoms with Gasteiger partial charge in [-0.05, 0) is 67.9 Å². The molecule has 3 unspecified atom stereocenters. The van der Waals surface area contributed by atoms with E-state index in [-0.39, 0.29) is 12.3 Å². The summed E-state index contributed by atoms with van der Waals surface area (Å²) in [6.45, 7) is 4.45. The van der Waals surface area contributed by atoms with Crippen LogP contribution in [0, 0.1) is 0 Å². The van der Waals surface area contributed by atoms with E-state index in [0.29, 0.717) is 6.17 Å². The number of nitrogen functional groups attached to an aromatic ring is 1. The number of nitrogens with two attached hydrogens (primary N) is 1. The average Bonchev–Trinajstić information content (AvgIpc) is 2.70. The summed E-state index contributed by atoms with van der Waals surface area (Å²) in [5.74, 6) is 0. The molecule has 4 heteroatoms. The van der Waals surface area contributed by atoms with Gasteiger partial charge in [0, 0.05) is 5.69 Å². The highest BCUT2D eigenvalue weighted by atomic mass is 15.3. The van der Waals surface area contributed by atoms with Crippen molar-refractivity contribution in [3.05, 3.63) is 65.2 Å². The second kappa shape index (κ2) is 10.6. The lowest BCUT2D eigenvalue weighted by Gasteiger charge is -2.38. The van der Waals surface area contributed by atoms with Crippen molar-refractivity contribution in [3.8, 4) is 0 Å². The minimum absolute atomic E-state index is 0.197. The molecule has 1 aliphatic rings. The first kappa shape index (κ1) is 20.8. The van der Waals surface area contributed by atoms with Gasteiger partial charge in [0.15, 0.2) is 0 Å². The van der Waals surface area contributed by atoms with E-state index in [2.05, 4.69) is 66.2 Å². The van der Waals surface area contributed by atoms with E-state index in [0.717, 1.165) is 24.9 Å². The molecule has 4 nitrogen and oxygen atoms in total. The fraction of sp³-hybridized carbons (Fsp3) is 0.500. The van der Waals surface area contributed by atoms with Crippen molar-refractivity contribution >= 4 is 5.69 Å². The van der Waals surface area contributed by atoms with Crippen LogP contribution in [0.3, 0.4) is 0 Å². The first-order chi connectivity index (χ1) is 13.6. The Morgan fingerprint density at radius 2 is 1.43 bits per heavy atom. The molecule has 1 aliphatic heterocycles. The molecular weight excluding hydrogens is 344 g/mol. The number of aryl methyl sites for hydroxylation is 2. The van der Waals surface area contributed by atoms with E-state index in [1.165, 1.54) is 42.4 Å². The van der Waals surface area contributed by atoms with Crippen LogP contribution in [0.4, 0.5) is 5.69 Å². The summed E-state index contributed by atoms with van der Waals surface area (Å²) in [6, 6.07) is 17.4. The highest BCUT2D eigenvalue weighted by Gasteiger charge is 2.24. The maximum atomic E-state index is 5.77. The summed E-state index contributed by atoms with van der Waals surface area (Å²) in [6.07, 6.45) is 9.19. The van der Waals surface area contributed by atoms with Gasteiger partial charge in [-0.2, -0.15) is 0 Å². The molecule has 0 aliphatic carbocycles. The van der Waals surface area contributed by atoms with E-state index in [1.54, 1.807) is 0 Å². The van der Waals surface area contributed by atoms with Crippen molar-refractivity contribution in [2.24, 2.45) is 0 Å². The lowest BCUT2D eigenvalue weighted by molar-refractivity contribution is 0.201.